The van der Waals surface area contributed by atoms with E-state index in [1.54, 1.807) is 0 Å². The first-order chi connectivity index (χ1) is 7.20. The lowest BCUT2D eigenvalue weighted by atomic mass is 10.2. The van der Waals surface area contributed by atoms with Crippen molar-refractivity contribution in [1.82, 2.24) is 0 Å². The van der Waals surface area contributed by atoms with Gasteiger partial charge in [0, 0.05) is 20.6 Å². The molecule has 0 unspecified atom stereocenters. The maximum atomic E-state index is 5.83. The molecular weight excluding hydrogens is 188 g/mol. The number of nitrogens with zero attached hydrogens (tertiary/aromatic N) is 1. The Balaban J connectivity index is 2.25. The van der Waals surface area contributed by atoms with Crippen LogP contribution in [0.25, 0.3) is 0 Å². The SMILES string of the molecule is CN(C)c1cc(CN)ccc1OC1CC1. The van der Waals surface area contributed by atoms with Crippen LogP contribution in [-0.2, 0) is 6.54 Å². The molecule has 0 saturated heterocycles. The molecule has 2 rings (SSSR count). The number of anilines is 1. The van der Waals surface area contributed by atoms with Crippen LogP contribution < -0.4 is 15.4 Å². The van der Waals surface area contributed by atoms with Crippen molar-refractivity contribution in [2.24, 2.45) is 5.73 Å². The molecular formula is C12H18N2O. The fourth-order valence-corrected chi connectivity index (χ4v) is 1.50. The Morgan fingerprint density at radius 3 is 2.67 bits per heavy atom. The average molecular weight is 206 g/mol. The Bertz CT molecular complexity index is 345. The van der Waals surface area contributed by atoms with Crippen molar-refractivity contribution < 1.29 is 4.74 Å². The second-order valence-corrected chi connectivity index (χ2v) is 4.22. The van der Waals surface area contributed by atoms with Gasteiger partial charge in [0.25, 0.3) is 0 Å². The largest absolute Gasteiger partial charge is 0.488 e. The molecule has 2 N–H and O–H groups in total. The minimum atomic E-state index is 0.437. The molecule has 3 heteroatoms. The first-order valence-corrected chi connectivity index (χ1v) is 5.37. The molecule has 0 radical (unpaired) electrons. The summed E-state index contributed by atoms with van der Waals surface area (Å²) in [7, 11) is 4.05. The molecule has 1 aromatic carbocycles. The summed E-state index contributed by atoms with van der Waals surface area (Å²) in [6.07, 6.45) is 2.81. The lowest BCUT2D eigenvalue weighted by Gasteiger charge is -2.18. The molecule has 82 valence electrons. The van der Waals surface area contributed by atoms with Crippen molar-refractivity contribution in [1.29, 1.82) is 0 Å². The predicted molar refractivity (Wildman–Crippen MR) is 62.3 cm³/mol. The summed E-state index contributed by atoms with van der Waals surface area (Å²) in [4.78, 5) is 2.07. The average Bonchev–Trinajstić information content (AvgIpc) is 3.02. The first kappa shape index (κ1) is 10.3. The molecule has 1 fully saturated rings. The Hall–Kier alpha value is -1.22. The van der Waals surface area contributed by atoms with E-state index in [2.05, 4.69) is 11.0 Å². The van der Waals surface area contributed by atoms with Crippen LogP contribution in [0.5, 0.6) is 5.75 Å². The zero-order valence-corrected chi connectivity index (χ0v) is 9.36. The molecule has 0 aromatic heterocycles. The molecule has 0 spiro atoms. The summed E-state index contributed by atoms with van der Waals surface area (Å²) < 4.78 is 5.83. The highest BCUT2D eigenvalue weighted by Crippen LogP contribution is 2.33. The standard InChI is InChI=1S/C12H18N2O/c1-14(2)11-7-9(8-13)3-6-12(11)15-10-4-5-10/h3,6-7,10H,4-5,8,13H2,1-2H3. The van der Waals surface area contributed by atoms with Gasteiger partial charge in [-0.1, -0.05) is 6.07 Å². The molecule has 1 aromatic rings. The van der Waals surface area contributed by atoms with Crippen molar-refractivity contribution in [2.75, 3.05) is 19.0 Å². The lowest BCUT2D eigenvalue weighted by molar-refractivity contribution is 0.304. The zero-order chi connectivity index (χ0) is 10.8. The van der Waals surface area contributed by atoms with Crippen LogP contribution in [-0.4, -0.2) is 20.2 Å². The Labute approximate surface area is 90.8 Å². The molecule has 1 saturated carbocycles. The van der Waals surface area contributed by atoms with Gasteiger partial charge in [-0.05, 0) is 30.5 Å². The summed E-state index contributed by atoms with van der Waals surface area (Å²) in [6, 6.07) is 6.15. The summed E-state index contributed by atoms with van der Waals surface area (Å²) in [5.74, 6) is 0.972. The van der Waals surface area contributed by atoms with Gasteiger partial charge in [0.05, 0.1) is 11.8 Å². The highest BCUT2D eigenvalue weighted by atomic mass is 16.5. The maximum absolute atomic E-state index is 5.83. The summed E-state index contributed by atoms with van der Waals surface area (Å²) >= 11 is 0. The predicted octanol–water partition coefficient (Wildman–Crippen LogP) is 1.75. The third-order valence-electron chi connectivity index (χ3n) is 2.56. The second kappa shape index (κ2) is 4.11. The lowest BCUT2D eigenvalue weighted by Crippen LogP contribution is -2.12. The number of benzene rings is 1. The van der Waals surface area contributed by atoms with E-state index in [4.69, 9.17) is 10.5 Å². The Morgan fingerprint density at radius 1 is 1.40 bits per heavy atom. The van der Waals surface area contributed by atoms with Gasteiger partial charge < -0.3 is 15.4 Å². The van der Waals surface area contributed by atoms with E-state index in [0.717, 1.165) is 17.0 Å². The van der Waals surface area contributed by atoms with Crippen LogP contribution in [0.2, 0.25) is 0 Å². The highest BCUT2D eigenvalue weighted by Gasteiger charge is 2.24. The van der Waals surface area contributed by atoms with Crippen molar-refractivity contribution in [3.05, 3.63) is 23.8 Å². The molecule has 0 bridgehead atoms. The van der Waals surface area contributed by atoms with E-state index < -0.39 is 0 Å². The first-order valence-electron chi connectivity index (χ1n) is 5.37. The van der Waals surface area contributed by atoms with E-state index in [1.165, 1.54) is 12.8 Å². The molecule has 0 aliphatic heterocycles. The summed E-state index contributed by atoms with van der Waals surface area (Å²) in [5, 5.41) is 0. The Morgan fingerprint density at radius 2 is 2.13 bits per heavy atom. The summed E-state index contributed by atoms with van der Waals surface area (Å²) in [5.41, 5.74) is 7.88. The normalized spacial score (nSPS) is 15.1. The molecule has 1 aliphatic carbocycles. The van der Waals surface area contributed by atoms with Gasteiger partial charge in [-0.2, -0.15) is 0 Å². The molecule has 0 atom stereocenters. The number of rotatable bonds is 4. The molecule has 15 heavy (non-hydrogen) atoms. The van der Waals surface area contributed by atoms with Crippen molar-refractivity contribution >= 4 is 5.69 Å². The fourth-order valence-electron chi connectivity index (χ4n) is 1.50. The van der Waals surface area contributed by atoms with Gasteiger partial charge in [0.1, 0.15) is 5.75 Å². The smallest absolute Gasteiger partial charge is 0.143 e. The molecule has 1 aliphatic rings. The third kappa shape index (κ3) is 2.42. The Kier molecular flexibility index (Phi) is 2.82. The van der Waals surface area contributed by atoms with E-state index in [9.17, 15) is 0 Å². The van der Waals surface area contributed by atoms with Gasteiger partial charge in [0.15, 0.2) is 0 Å². The van der Waals surface area contributed by atoms with Crippen LogP contribution in [0, 0.1) is 0 Å². The summed E-state index contributed by atoms with van der Waals surface area (Å²) in [6.45, 7) is 0.574. The van der Waals surface area contributed by atoms with Crippen LogP contribution in [0.3, 0.4) is 0 Å². The minimum Gasteiger partial charge on any atom is -0.488 e. The zero-order valence-electron chi connectivity index (χ0n) is 9.36. The van der Waals surface area contributed by atoms with Crippen molar-refractivity contribution in [3.63, 3.8) is 0 Å². The molecule has 3 nitrogen and oxygen atoms in total. The minimum absolute atomic E-state index is 0.437. The van der Waals surface area contributed by atoms with E-state index in [1.807, 2.05) is 26.2 Å². The van der Waals surface area contributed by atoms with Gasteiger partial charge in [-0.25, -0.2) is 0 Å². The second-order valence-electron chi connectivity index (χ2n) is 4.22. The van der Waals surface area contributed by atoms with E-state index in [-0.39, 0.29) is 0 Å². The monoisotopic (exact) mass is 206 g/mol. The quantitative estimate of drug-likeness (QED) is 0.815. The van der Waals surface area contributed by atoms with Crippen molar-refractivity contribution in [2.45, 2.75) is 25.5 Å². The van der Waals surface area contributed by atoms with Crippen LogP contribution in [0.4, 0.5) is 5.69 Å². The third-order valence-corrected chi connectivity index (χ3v) is 2.56. The van der Waals surface area contributed by atoms with Gasteiger partial charge in [-0.15, -0.1) is 0 Å². The molecule has 0 amide bonds. The number of hydrogen-bond acceptors (Lipinski definition) is 3. The van der Waals surface area contributed by atoms with Gasteiger partial charge in [0.2, 0.25) is 0 Å². The highest BCUT2D eigenvalue weighted by molar-refractivity contribution is 5.59. The van der Waals surface area contributed by atoms with Crippen LogP contribution >= 0.6 is 0 Å². The fraction of sp³-hybridized carbons (Fsp3) is 0.500. The number of nitrogens with two attached hydrogens (primary N) is 1. The van der Waals surface area contributed by atoms with E-state index >= 15 is 0 Å². The maximum Gasteiger partial charge on any atom is 0.143 e. The topological polar surface area (TPSA) is 38.5 Å². The molecule has 0 heterocycles. The van der Waals surface area contributed by atoms with Crippen molar-refractivity contribution in [3.8, 4) is 5.75 Å². The van der Waals surface area contributed by atoms with Crippen LogP contribution in [0.1, 0.15) is 18.4 Å². The van der Waals surface area contributed by atoms with Gasteiger partial charge >= 0.3 is 0 Å². The van der Waals surface area contributed by atoms with E-state index in [0.29, 0.717) is 12.6 Å². The van der Waals surface area contributed by atoms with Gasteiger partial charge in [-0.3, -0.25) is 0 Å². The number of hydrogen-bond donors (Lipinski definition) is 1. The number of ether oxygens (including phenoxy) is 1. The van der Waals surface area contributed by atoms with Crippen LogP contribution in [0.15, 0.2) is 18.2 Å².